The lowest BCUT2D eigenvalue weighted by Gasteiger charge is -2.45. The molecule has 2 aliphatic rings. The van der Waals surface area contributed by atoms with Gasteiger partial charge in [0.05, 0.1) is 12.3 Å². The third kappa shape index (κ3) is 5.49. The van der Waals surface area contributed by atoms with E-state index in [1.807, 2.05) is 10.9 Å². The number of nitrogens with zero attached hydrogens (tertiary/aromatic N) is 5. The van der Waals surface area contributed by atoms with Gasteiger partial charge in [-0.15, -0.1) is 0 Å². The molecule has 1 aromatic heterocycles. The van der Waals surface area contributed by atoms with Crippen molar-refractivity contribution in [1.82, 2.24) is 24.5 Å². The van der Waals surface area contributed by atoms with Crippen LogP contribution in [0.1, 0.15) is 37.4 Å². The highest BCUT2D eigenvalue weighted by Gasteiger charge is 2.33. The van der Waals surface area contributed by atoms with Crippen LogP contribution in [0.5, 0.6) is 0 Å². The predicted octanol–water partition coefficient (Wildman–Crippen LogP) is 2.26. The van der Waals surface area contributed by atoms with Crippen molar-refractivity contribution in [3.63, 3.8) is 0 Å². The van der Waals surface area contributed by atoms with E-state index in [1.165, 1.54) is 11.1 Å². The van der Waals surface area contributed by atoms with E-state index in [9.17, 15) is 5.11 Å². The molecule has 0 spiro atoms. The molecule has 0 amide bonds. The van der Waals surface area contributed by atoms with Crippen LogP contribution in [0.15, 0.2) is 42.7 Å². The number of rotatable bonds is 7. The van der Waals surface area contributed by atoms with Crippen molar-refractivity contribution in [2.45, 2.75) is 51.4 Å². The van der Waals surface area contributed by atoms with Gasteiger partial charge in [-0.1, -0.05) is 30.3 Å². The zero-order valence-electron chi connectivity index (χ0n) is 18.5. The molecule has 164 valence electrons. The number of aliphatic hydroxyl groups is 1. The second-order valence-corrected chi connectivity index (χ2v) is 9.19. The van der Waals surface area contributed by atoms with Crippen molar-refractivity contribution in [1.29, 1.82) is 0 Å². The SMILES string of the molecule is CC(C)n1cc(CN2CC[C@@H](N3CCN(CCc4ccccc4)CC3)[C@H](O)C2)cn1. The minimum atomic E-state index is -0.269. The van der Waals surface area contributed by atoms with Crippen LogP contribution >= 0.6 is 0 Å². The largest absolute Gasteiger partial charge is 0.390 e. The summed E-state index contributed by atoms with van der Waals surface area (Å²) in [4.78, 5) is 7.47. The molecule has 2 aliphatic heterocycles. The van der Waals surface area contributed by atoms with Crippen LogP contribution in [0, 0.1) is 0 Å². The molecular weight excluding hydrogens is 374 g/mol. The molecule has 4 rings (SSSR count). The van der Waals surface area contributed by atoms with Gasteiger partial charge in [0, 0.05) is 76.2 Å². The Bertz CT molecular complexity index is 769. The normalized spacial score (nSPS) is 24.5. The molecule has 0 unspecified atom stereocenters. The molecule has 3 heterocycles. The monoisotopic (exact) mass is 411 g/mol. The smallest absolute Gasteiger partial charge is 0.0822 e. The lowest BCUT2D eigenvalue weighted by atomic mass is 9.99. The highest BCUT2D eigenvalue weighted by Crippen LogP contribution is 2.21. The molecule has 0 aliphatic carbocycles. The van der Waals surface area contributed by atoms with Gasteiger partial charge < -0.3 is 10.0 Å². The van der Waals surface area contributed by atoms with E-state index in [0.717, 1.165) is 65.2 Å². The average Bonchev–Trinajstić information content (AvgIpc) is 3.23. The number of β-amino-alcohol motifs (C(OH)–C–C–N with tert-alkyl or cyclic N) is 1. The molecule has 2 fully saturated rings. The van der Waals surface area contributed by atoms with Crippen LogP contribution in [0.4, 0.5) is 0 Å². The lowest BCUT2D eigenvalue weighted by Crippen LogP contribution is -2.58. The summed E-state index contributed by atoms with van der Waals surface area (Å²) in [5, 5.41) is 15.3. The first kappa shape index (κ1) is 21.5. The zero-order chi connectivity index (χ0) is 20.9. The van der Waals surface area contributed by atoms with Gasteiger partial charge in [-0.2, -0.15) is 5.10 Å². The number of hydrogen-bond donors (Lipinski definition) is 1. The van der Waals surface area contributed by atoms with Crippen molar-refractivity contribution in [3.8, 4) is 0 Å². The van der Waals surface area contributed by atoms with Gasteiger partial charge in [-0.05, 0) is 32.3 Å². The van der Waals surface area contributed by atoms with E-state index in [-0.39, 0.29) is 6.10 Å². The van der Waals surface area contributed by atoms with Crippen molar-refractivity contribution in [2.75, 3.05) is 45.8 Å². The minimum absolute atomic E-state index is 0.269. The van der Waals surface area contributed by atoms with Gasteiger partial charge in [0.25, 0.3) is 0 Å². The molecule has 0 radical (unpaired) electrons. The summed E-state index contributed by atoms with van der Waals surface area (Å²) in [6.45, 7) is 12.4. The molecule has 1 N–H and O–H groups in total. The van der Waals surface area contributed by atoms with E-state index in [1.54, 1.807) is 0 Å². The number of aromatic nitrogens is 2. The third-order valence-corrected chi connectivity index (χ3v) is 6.66. The van der Waals surface area contributed by atoms with E-state index < -0.39 is 0 Å². The predicted molar refractivity (Wildman–Crippen MR) is 120 cm³/mol. The fraction of sp³-hybridized carbons (Fsp3) is 0.625. The van der Waals surface area contributed by atoms with Crippen molar-refractivity contribution in [3.05, 3.63) is 53.9 Å². The maximum atomic E-state index is 10.9. The Morgan fingerprint density at radius 2 is 1.77 bits per heavy atom. The molecular formula is C24H37N5O. The lowest BCUT2D eigenvalue weighted by molar-refractivity contribution is -0.0307. The third-order valence-electron chi connectivity index (χ3n) is 6.66. The number of likely N-dealkylation sites (tertiary alicyclic amines) is 1. The maximum Gasteiger partial charge on any atom is 0.0822 e. The first-order chi connectivity index (χ1) is 14.6. The average molecular weight is 412 g/mol. The summed E-state index contributed by atoms with van der Waals surface area (Å²) in [5.74, 6) is 0. The molecule has 6 nitrogen and oxygen atoms in total. The van der Waals surface area contributed by atoms with Gasteiger partial charge in [0.1, 0.15) is 0 Å². The fourth-order valence-electron chi connectivity index (χ4n) is 4.80. The van der Waals surface area contributed by atoms with E-state index >= 15 is 0 Å². The van der Waals surface area contributed by atoms with Crippen LogP contribution in [0.2, 0.25) is 0 Å². The standard InChI is InChI=1S/C24H37N5O/c1-20(2)29-18-22(16-25-29)17-27-11-9-23(24(30)19-27)28-14-12-26(13-15-28)10-8-21-6-4-3-5-7-21/h3-7,16,18,20,23-24,30H,8-15,17,19H2,1-2H3/t23-,24-/m1/s1. The number of benzene rings is 1. The summed E-state index contributed by atoms with van der Waals surface area (Å²) in [6.07, 6.45) is 6.00. The molecule has 0 saturated carbocycles. The Hall–Kier alpha value is -1.73. The molecule has 2 atom stereocenters. The summed E-state index contributed by atoms with van der Waals surface area (Å²) < 4.78 is 2.01. The topological polar surface area (TPSA) is 47.8 Å². The van der Waals surface area contributed by atoms with E-state index in [0.29, 0.717) is 12.1 Å². The van der Waals surface area contributed by atoms with Gasteiger partial charge in [0.2, 0.25) is 0 Å². The Kier molecular flexibility index (Phi) is 7.20. The Labute approximate surface area is 181 Å². The van der Waals surface area contributed by atoms with Crippen LogP contribution < -0.4 is 0 Å². The fourth-order valence-corrected chi connectivity index (χ4v) is 4.80. The molecule has 0 bridgehead atoms. The van der Waals surface area contributed by atoms with Crippen molar-refractivity contribution in [2.24, 2.45) is 0 Å². The van der Waals surface area contributed by atoms with E-state index in [4.69, 9.17) is 0 Å². The van der Waals surface area contributed by atoms with Crippen molar-refractivity contribution >= 4 is 0 Å². The second kappa shape index (κ2) is 10.1. The van der Waals surface area contributed by atoms with Gasteiger partial charge in [-0.3, -0.25) is 14.5 Å². The summed E-state index contributed by atoms with van der Waals surface area (Å²) in [6, 6.07) is 11.5. The summed E-state index contributed by atoms with van der Waals surface area (Å²) in [5.41, 5.74) is 2.66. The number of piperazine rings is 1. The van der Waals surface area contributed by atoms with E-state index in [2.05, 4.69) is 70.2 Å². The second-order valence-electron chi connectivity index (χ2n) is 9.19. The maximum absolute atomic E-state index is 10.9. The molecule has 30 heavy (non-hydrogen) atoms. The first-order valence-electron chi connectivity index (χ1n) is 11.5. The van der Waals surface area contributed by atoms with Crippen molar-refractivity contribution < 1.29 is 5.11 Å². The first-order valence-corrected chi connectivity index (χ1v) is 11.5. The highest BCUT2D eigenvalue weighted by molar-refractivity contribution is 5.15. The Morgan fingerprint density at radius 1 is 1.00 bits per heavy atom. The summed E-state index contributed by atoms with van der Waals surface area (Å²) in [7, 11) is 0. The number of aliphatic hydroxyl groups excluding tert-OH is 1. The van der Waals surface area contributed by atoms with Crippen LogP contribution in [0.25, 0.3) is 0 Å². The molecule has 2 aromatic rings. The highest BCUT2D eigenvalue weighted by atomic mass is 16.3. The molecule has 6 heteroatoms. The number of hydrogen-bond acceptors (Lipinski definition) is 5. The van der Waals surface area contributed by atoms with Gasteiger partial charge >= 0.3 is 0 Å². The molecule has 2 saturated heterocycles. The molecule has 1 aromatic carbocycles. The van der Waals surface area contributed by atoms with Crippen LogP contribution in [-0.2, 0) is 13.0 Å². The quantitative estimate of drug-likeness (QED) is 0.757. The Balaban J connectivity index is 1.20. The minimum Gasteiger partial charge on any atom is -0.390 e. The number of piperidine rings is 1. The van der Waals surface area contributed by atoms with Crippen LogP contribution in [0.3, 0.4) is 0 Å². The van der Waals surface area contributed by atoms with Gasteiger partial charge in [0.15, 0.2) is 0 Å². The van der Waals surface area contributed by atoms with Gasteiger partial charge in [-0.25, -0.2) is 0 Å². The zero-order valence-corrected chi connectivity index (χ0v) is 18.5. The Morgan fingerprint density at radius 3 is 2.43 bits per heavy atom. The van der Waals surface area contributed by atoms with Crippen LogP contribution in [-0.4, -0.2) is 87.5 Å². The summed E-state index contributed by atoms with van der Waals surface area (Å²) >= 11 is 0.